The summed E-state index contributed by atoms with van der Waals surface area (Å²) in [5.74, 6) is -0.706. The average molecular weight is 293 g/mol. The number of alkyl halides is 2. The number of halogens is 2. The van der Waals surface area contributed by atoms with Crippen molar-refractivity contribution in [1.82, 2.24) is 4.57 Å². The number of esters is 1. The molecule has 0 unspecified atom stereocenters. The maximum Gasteiger partial charge on any atom is 0.340 e. The summed E-state index contributed by atoms with van der Waals surface area (Å²) in [5.41, 5.74) is 3.05. The summed E-state index contributed by atoms with van der Waals surface area (Å²) >= 11 is 0. The molecule has 3 nitrogen and oxygen atoms in total. The molecule has 5 heteroatoms. The van der Waals surface area contributed by atoms with Gasteiger partial charge in [0, 0.05) is 17.9 Å². The first-order valence-electron chi connectivity index (χ1n) is 6.65. The number of aryl methyl sites for hydroxylation is 1. The van der Waals surface area contributed by atoms with E-state index >= 15 is 0 Å². The Labute approximate surface area is 122 Å². The Morgan fingerprint density at radius 2 is 1.90 bits per heavy atom. The van der Waals surface area contributed by atoms with Crippen LogP contribution in [0.5, 0.6) is 0 Å². The van der Waals surface area contributed by atoms with Crippen LogP contribution < -0.4 is 0 Å². The van der Waals surface area contributed by atoms with Crippen LogP contribution in [0.25, 0.3) is 0 Å². The number of aromatic nitrogens is 1. The second-order valence-corrected chi connectivity index (χ2v) is 4.85. The molecule has 0 N–H and O–H groups in total. The summed E-state index contributed by atoms with van der Waals surface area (Å²) in [6.45, 7) is 3.41. The molecule has 0 aliphatic heterocycles. The first-order valence-corrected chi connectivity index (χ1v) is 6.65. The fourth-order valence-corrected chi connectivity index (χ4v) is 2.23. The highest BCUT2D eigenvalue weighted by Gasteiger charge is 2.18. The standard InChI is InChI=1S/C16H17F2NO2/c1-11-8-14(16(20)21-10-15(17)18)12(2)19(11)9-13-6-4-3-5-7-13/h3-8,15H,9-10H2,1-2H3. The number of carbonyl (C=O) groups excluding carboxylic acids is 1. The topological polar surface area (TPSA) is 31.2 Å². The van der Waals surface area contributed by atoms with Crippen LogP contribution in [0.4, 0.5) is 8.78 Å². The lowest BCUT2D eigenvalue weighted by molar-refractivity contribution is 0.0159. The third kappa shape index (κ3) is 3.68. The molecule has 0 radical (unpaired) electrons. The molecule has 0 aliphatic rings. The quantitative estimate of drug-likeness (QED) is 0.789. The van der Waals surface area contributed by atoms with Crippen LogP contribution in [0.15, 0.2) is 36.4 Å². The largest absolute Gasteiger partial charge is 0.456 e. The average Bonchev–Trinajstić information content (AvgIpc) is 2.74. The van der Waals surface area contributed by atoms with Crippen molar-refractivity contribution < 1.29 is 18.3 Å². The Kier molecular flexibility index (Phi) is 4.73. The summed E-state index contributed by atoms with van der Waals surface area (Å²) in [6, 6.07) is 11.5. The van der Waals surface area contributed by atoms with E-state index in [1.807, 2.05) is 41.8 Å². The summed E-state index contributed by atoms with van der Waals surface area (Å²) in [5, 5.41) is 0. The summed E-state index contributed by atoms with van der Waals surface area (Å²) in [6.07, 6.45) is -2.65. The van der Waals surface area contributed by atoms with E-state index in [2.05, 4.69) is 4.74 Å². The highest BCUT2D eigenvalue weighted by atomic mass is 19.3. The van der Waals surface area contributed by atoms with Gasteiger partial charge in [0.05, 0.1) is 5.56 Å². The van der Waals surface area contributed by atoms with Gasteiger partial charge in [0.1, 0.15) is 0 Å². The number of hydrogen-bond acceptors (Lipinski definition) is 2. The zero-order chi connectivity index (χ0) is 15.4. The van der Waals surface area contributed by atoms with Gasteiger partial charge in [-0.3, -0.25) is 0 Å². The van der Waals surface area contributed by atoms with Gasteiger partial charge in [-0.15, -0.1) is 0 Å². The van der Waals surface area contributed by atoms with Gasteiger partial charge in [0.2, 0.25) is 0 Å². The van der Waals surface area contributed by atoms with Gasteiger partial charge in [-0.2, -0.15) is 0 Å². The van der Waals surface area contributed by atoms with Gasteiger partial charge in [0.15, 0.2) is 6.61 Å². The monoisotopic (exact) mass is 293 g/mol. The normalized spacial score (nSPS) is 10.9. The van der Waals surface area contributed by atoms with E-state index in [0.717, 1.165) is 17.0 Å². The molecule has 2 rings (SSSR count). The van der Waals surface area contributed by atoms with Gasteiger partial charge in [0.25, 0.3) is 6.43 Å². The highest BCUT2D eigenvalue weighted by molar-refractivity contribution is 5.91. The molecular formula is C16H17F2NO2. The Hall–Kier alpha value is -2.17. The molecule has 112 valence electrons. The van der Waals surface area contributed by atoms with Crippen molar-refractivity contribution in [3.63, 3.8) is 0 Å². The van der Waals surface area contributed by atoms with Crippen LogP contribution in [0.3, 0.4) is 0 Å². The Bertz CT molecular complexity index is 621. The molecule has 2 aromatic rings. The maximum atomic E-state index is 12.1. The number of rotatable bonds is 5. The van der Waals surface area contributed by atoms with Crippen molar-refractivity contribution in [3.8, 4) is 0 Å². The van der Waals surface area contributed by atoms with Crippen LogP contribution in [0.1, 0.15) is 27.3 Å². The number of ether oxygens (including phenoxy) is 1. The number of carbonyl (C=O) groups is 1. The lowest BCUT2D eigenvalue weighted by Gasteiger charge is -2.10. The van der Waals surface area contributed by atoms with E-state index in [4.69, 9.17) is 0 Å². The van der Waals surface area contributed by atoms with Gasteiger partial charge in [-0.25, -0.2) is 13.6 Å². The van der Waals surface area contributed by atoms with Crippen LogP contribution in [-0.2, 0) is 11.3 Å². The summed E-state index contributed by atoms with van der Waals surface area (Å²) in [7, 11) is 0. The minimum Gasteiger partial charge on any atom is -0.456 e. The zero-order valence-electron chi connectivity index (χ0n) is 12.0. The Balaban J connectivity index is 2.19. The predicted octanol–water partition coefficient (Wildman–Crippen LogP) is 3.58. The molecular weight excluding hydrogens is 276 g/mol. The fraction of sp³-hybridized carbons (Fsp3) is 0.312. The summed E-state index contributed by atoms with van der Waals surface area (Å²) < 4.78 is 30.8. The van der Waals surface area contributed by atoms with E-state index in [1.165, 1.54) is 0 Å². The second-order valence-electron chi connectivity index (χ2n) is 4.85. The lowest BCUT2D eigenvalue weighted by atomic mass is 10.2. The number of hydrogen-bond donors (Lipinski definition) is 0. The van der Waals surface area contributed by atoms with E-state index in [0.29, 0.717) is 12.1 Å². The van der Waals surface area contributed by atoms with Crippen molar-refractivity contribution >= 4 is 5.97 Å². The van der Waals surface area contributed by atoms with E-state index < -0.39 is 19.0 Å². The minimum atomic E-state index is -2.65. The molecule has 0 amide bonds. The zero-order valence-corrected chi connectivity index (χ0v) is 12.0. The minimum absolute atomic E-state index is 0.337. The highest BCUT2D eigenvalue weighted by Crippen LogP contribution is 2.18. The molecule has 1 aromatic carbocycles. The molecule has 21 heavy (non-hydrogen) atoms. The van der Waals surface area contributed by atoms with Crippen molar-refractivity contribution in [3.05, 3.63) is 58.9 Å². The third-order valence-corrected chi connectivity index (χ3v) is 3.32. The van der Waals surface area contributed by atoms with Crippen LogP contribution >= 0.6 is 0 Å². The number of benzene rings is 1. The molecule has 0 bridgehead atoms. The van der Waals surface area contributed by atoms with Crippen LogP contribution in [0, 0.1) is 13.8 Å². The van der Waals surface area contributed by atoms with Crippen LogP contribution in [0.2, 0.25) is 0 Å². The Morgan fingerprint density at radius 3 is 2.52 bits per heavy atom. The lowest BCUT2D eigenvalue weighted by Crippen LogP contribution is -2.13. The Morgan fingerprint density at radius 1 is 1.24 bits per heavy atom. The van der Waals surface area contributed by atoms with Crippen molar-refractivity contribution in [2.45, 2.75) is 26.8 Å². The molecule has 0 saturated carbocycles. The smallest absolute Gasteiger partial charge is 0.340 e. The van der Waals surface area contributed by atoms with Gasteiger partial charge >= 0.3 is 5.97 Å². The molecule has 0 saturated heterocycles. The van der Waals surface area contributed by atoms with Gasteiger partial charge in [-0.1, -0.05) is 30.3 Å². The predicted molar refractivity (Wildman–Crippen MR) is 75.7 cm³/mol. The molecule has 0 spiro atoms. The van der Waals surface area contributed by atoms with Crippen molar-refractivity contribution in [2.75, 3.05) is 6.61 Å². The van der Waals surface area contributed by atoms with Gasteiger partial charge < -0.3 is 9.30 Å². The molecule has 0 aliphatic carbocycles. The molecule has 1 heterocycles. The second kappa shape index (κ2) is 6.52. The third-order valence-electron chi connectivity index (χ3n) is 3.32. The van der Waals surface area contributed by atoms with Crippen LogP contribution in [-0.4, -0.2) is 23.6 Å². The maximum absolute atomic E-state index is 12.1. The first kappa shape index (κ1) is 15.2. The summed E-state index contributed by atoms with van der Waals surface area (Å²) in [4.78, 5) is 11.8. The van der Waals surface area contributed by atoms with Crippen molar-refractivity contribution in [2.24, 2.45) is 0 Å². The molecule has 0 atom stereocenters. The number of nitrogens with zero attached hydrogens (tertiary/aromatic N) is 1. The van der Waals surface area contributed by atoms with E-state index in [-0.39, 0.29) is 0 Å². The van der Waals surface area contributed by atoms with Crippen molar-refractivity contribution in [1.29, 1.82) is 0 Å². The molecule has 1 aromatic heterocycles. The van der Waals surface area contributed by atoms with E-state index in [9.17, 15) is 13.6 Å². The first-order chi connectivity index (χ1) is 9.99. The molecule has 0 fully saturated rings. The fourth-order valence-electron chi connectivity index (χ4n) is 2.23. The van der Waals surface area contributed by atoms with E-state index in [1.54, 1.807) is 13.0 Å². The SMILES string of the molecule is Cc1cc(C(=O)OCC(F)F)c(C)n1Cc1ccccc1. The van der Waals surface area contributed by atoms with Gasteiger partial charge in [-0.05, 0) is 25.5 Å².